The molecule has 0 aliphatic heterocycles. The Morgan fingerprint density at radius 2 is 1.83 bits per heavy atom. The Kier molecular flexibility index (Phi) is 5.41. The smallest absolute Gasteiger partial charge is 0.319 e. The van der Waals surface area contributed by atoms with Gasteiger partial charge >= 0.3 is 6.03 Å². The number of urea groups is 1. The molecule has 0 radical (unpaired) electrons. The number of ether oxygens (including phenoxy) is 2. The number of nitrogens with one attached hydrogen (secondary N) is 2. The fraction of sp³-hybridized carbons (Fsp3) is 0.235. The van der Waals surface area contributed by atoms with Crippen molar-refractivity contribution in [3.8, 4) is 11.5 Å². The minimum Gasteiger partial charge on any atom is -0.493 e. The number of hydrogen-bond donors (Lipinski definition) is 2. The molecule has 0 atom stereocenters. The van der Waals surface area contributed by atoms with Gasteiger partial charge < -0.3 is 20.1 Å². The Hall–Kier alpha value is -2.76. The van der Waals surface area contributed by atoms with Crippen LogP contribution >= 0.6 is 0 Å². The van der Waals surface area contributed by atoms with Gasteiger partial charge in [-0.1, -0.05) is 12.1 Å². The van der Waals surface area contributed by atoms with Crippen LogP contribution in [0.4, 0.5) is 14.9 Å². The standard InChI is InChI=1S/C17H19FN2O3/c1-11-8-12(4-6-14(11)18)10-19-17(21)20-13-5-7-15(22-2)16(9-13)23-3/h4-9H,10H2,1-3H3,(H2,19,20,21). The van der Waals surface area contributed by atoms with Gasteiger partial charge in [0.25, 0.3) is 0 Å². The molecule has 0 saturated carbocycles. The first-order valence-corrected chi connectivity index (χ1v) is 7.05. The lowest BCUT2D eigenvalue weighted by molar-refractivity contribution is 0.251. The van der Waals surface area contributed by atoms with Gasteiger partial charge in [0.1, 0.15) is 5.82 Å². The lowest BCUT2D eigenvalue weighted by atomic mass is 10.1. The Morgan fingerprint density at radius 1 is 1.09 bits per heavy atom. The first kappa shape index (κ1) is 16.6. The maximum atomic E-state index is 13.2. The van der Waals surface area contributed by atoms with E-state index in [2.05, 4.69) is 10.6 Å². The van der Waals surface area contributed by atoms with Crippen LogP contribution in [0.15, 0.2) is 36.4 Å². The van der Waals surface area contributed by atoms with E-state index in [1.807, 2.05) is 0 Å². The number of rotatable bonds is 5. The number of carbonyl (C=O) groups excluding carboxylic acids is 1. The average molecular weight is 318 g/mol. The predicted molar refractivity (Wildman–Crippen MR) is 86.5 cm³/mol. The van der Waals surface area contributed by atoms with Gasteiger partial charge in [-0.3, -0.25) is 0 Å². The van der Waals surface area contributed by atoms with Crippen LogP contribution in [-0.2, 0) is 6.54 Å². The zero-order chi connectivity index (χ0) is 16.8. The Labute approximate surface area is 134 Å². The van der Waals surface area contributed by atoms with Crippen LogP contribution in [0, 0.1) is 12.7 Å². The number of amides is 2. The summed E-state index contributed by atoms with van der Waals surface area (Å²) in [6, 6.07) is 9.45. The van der Waals surface area contributed by atoms with Crippen molar-refractivity contribution in [2.45, 2.75) is 13.5 Å². The van der Waals surface area contributed by atoms with E-state index in [1.165, 1.54) is 13.2 Å². The minimum atomic E-state index is -0.362. The van der Waals surface area contributed by atoms with Crippen LogP contribution in [0.5, 0.6) is 11.5 Å². The van der Waals surface area contributed by atoms with E-state index in [0.717, 1.165) is 5.56 Å². The monoisotopic (exact) mass is 318 g/mol. The highest BCUT2D eigenvalue weighted by molar-refractivity contribution is 5.89. The summed E-state index contributed by atoms with van der Waals surface area (Å²) in [5.74, 6) is 0.850. The molecule has 6 heteroatoms. The number of methoxy groups -OCH3 is 2. The molecule has 0 aliphatic rings. The molecule has 2 N–H and O–H groups in total. The molecule has 122 valence electrons. The molecule has 2 aromatic rings. The molecule has 0 aromatic heterocycles. The fourth-order valence-corrected chi connectivity index (χ4v) is 2.09. The van der Waals surface area contributed by atoms with Gasteiger partial charge in [-0.15, -0.1) is 0 Å². The quantitative estimate of drug-likeness (QED) is 0.887. The van der Waals surface area contributed by atoms with Crippen LogP contribution in [0.2, 0.25) is 0 Å². The topological polar surface area (TPSA) is 59.6 Å². The summed E-state index contributed by atoms with van der Waals surface area (Å²) in [5.41, 5.74) is 1.95. The molecule has 0 fully saturated rings. The number of benzene rings is 2. The zero-order valence-electron chi connectivity index (χ0n) is 13.3. The minimum absolute atomic E-state index is 0.261. The zero-order valence-corrected chi connectivity index (χ0v) is 13.3. The van der Waals surface area contributed by atoms with Crippen molar-refractivity contribution in [1.29, 1.82) is 0 Å². The molecule has 0 heterocycles. The van der Waals surface area contributed by atoms with Crippen LogP contribution in [0.3, 0.4) is 0 Å². The van der Waals surface area contributed by atoms with E-state index < -0.39 is 0 Å². The second kappa shape index (κ2) is 7.49. The molecule has 5 nitrogen and oxygen atoms in total. The lowest BCUT2D eigenvalue weighted by Crippen LogP contribution is -2.28. The number of carbonyl (C=O) groups is 1. The summed E-state index contributed by atoms with van der Waals surface area (Å²) in [7, 11) is 3.07. The van der Waals surface area contributed by atoms with Crippen molar-refractivity contribution in [2.24, 2.45) is 0 Å². The van der Waals surface area contributed by atoms with E-state index >= 15 is 0 Å². The number of hydrogen-bond acceptors (Lipinski definition) is 3. The van der Waals surface area contributed by atoms with Crippen molar-refractivity contribution >= 4 is 11.7 Å². The van der Waals surface area contributed by atoms with Crippen molar-refractivity contribution in [2.75, 3.05) is 19.5 Å². The van der Waals surface area contributed by atoms with Crippen molar-refractivity contribution in [3.05, 3.63) is 53.3 Å². The highest BCUT2D eigenvalue weighted by atomic mass is 19.1. The predicted octanol–water partition coefficient (Wildman–Crippen LogP) is 3.47. The molecule has 2 amide bonds. The van der Waals surface area contributed by atoms with Crippen LogP contribution in [0.1, 0.15) is 11.1 Å². The molecule has 0 spiro atoms. The molecule has 2 rings (SSSR count). The Morgan fingerprint density at radius 3 is 2.48 bits per heavy atom. The fourth-order valence-electron chi connectivity index (χ4n) is 2.09. The Balaban J connectivity index is 1.95. The van der Waals surface area contributed by atoms with Crippen LogP contribution in [-0.4, -0.2) is 20.3 Å². The van der Waals surface area contributed by atoms with Crippen molar-refractivity contribution in [3.63, 3.8) is 0 Å². The van der Waals surface area contributed by atoms with Crippen LogP contribution in [0.25, 0.3) is 0 Å². The summed E-state index contributed by atoms with van der Waals surface area (Å²) in [6.07, 6.45) is 0. The third-order valence-corrected chi connectivity index (χ3v) is 3.32. The van der Waals surface area contributed by atoms with E-state index in [4.69, 9.17) is 9.47 Å². The average Bonchev–Trinajstić information content (AvgIpc) is 2.55. The number of halogens is 1. The van der Waals surface area contributed by atoms with Gasteiger partial charge in [0, 0.05) is 18.3 Å². The van der Waals surface area contributed by atoms with E-state index in [9.17, 15) is 9.18 Å². The molecular formula is C17H19FN2O3. The Bertz CT molecular complexity index is 704. The lowest BCUT2D eigenvalue weighted by Gasteiger charge is -2.11. The summed E-state index contributed by atoms with van der Waals surface area (Å²) < 4.78 is 23.5. The van der Waals surface area contributed by atoms with Crippen LogP contribution < -0.4 is 20.1 Å². The maximum absolute atomic E-state index is 13.2. The van der Waals surface area contributed by atoms with Crippen molar-refractivity contribution < 1.29 is 18.7 Å². The van der Waals surface area contributed by atoms with E-state index in [-0.39, 0.29) is 11.8 Å². The summed E-state index contributed by atoms with van der Waals surface area (Å²) in [6.45, 7) is 1.99. The second-order valence-electron chi connectivity index (χ2n) is 4.96. The van der Waals surface area contributed by atoms with Gasteiger partial charge in [0.05, 0.1) is 14.2 Å². The first-order valence-electron chi connectivity index (χ1n) is 7.05. The molecule has 0 bridgehead atoms. The highest BCUT2D eigenvalue weighted by Gasteiger charge is 2.07. The largest absolute Gasteiger partial charge is 0.493 e. The molecule has 0 unspecified atom stereocenters. The molecule has 0 aliphatic carbocycles. The first-order chi connectivity index (χ1) is 11.0. The SMILES string of the molecule is COc1ccc(NC(=O)NCc2ccc(F)c(C)c2)cc1OC. The second-order valence-corrected chi connectivity index (χ2v) is 4.96. The van der Waals surface area contributed by atoms with Gasteiger partial charge in [-0.05, 0) is 36.2 Å². The van der Waals surface area contributed by atoms with Gasteiger partial charge in [0.2, 0.25) is 0 Å². The third-order valence-electron chi connectivity index (χ3n) is 3.32. The highest BCUT2D eigenvalue weighted by Crippen LogP contribution is 2.29. The van der Waals surface area contributed by atoms with Crippen molar-refractivity contribution in [1.82, 2.24) is 5.32 Å². The van der Waals surface area contributed by atoms with E-state index in [1.54, 1.807) is 44.4 Å². The molecule has 23 heavy (non-hydrogen) atoms. The number of anilines is 1. The van der Waals surface area contributed by atoms with E-state index in [0.29, 0.717) is 29.3 Å². The van der Waals surface area contributed by atoms with Gasteiger partial charge in [-0.25, -0.2) is 9.18 Å². The molecule has 2 aromatic carbocycles. The molecule has 0 saturated heterocycles. The van der Waals surface area contributed by atoms with Gasteiger partial charge in [-0.2, -0.15) is 0 Å². The summed E-state index contributed by atoms with van der Waals surface area (Å²) in [4.78, 5) is 11.9. The maximum Gasteiger partial charge on any atom is 0.319 e. The number of aryl methyl sites for hydroxylation is 1. The summed E-state index contributed by atoms with van der Waals surface area (Å²) in [5, 5.41) is 5.42. The third kappa shape index (κ3) is 4.35. The molecular weight excluding hydrogens is 299 g/mol. The van der Waals surface area contributed by atoms with Gasteiger partial charge in [0.15, 0.2) is 11.5 Å². The normalized spacial score (nSPS) is 10.1. The summed E-state index contributed by atoms with van der Waals surface area (Å²) >= 11 is 0.